The molecule has 2 heterocycles. The predicted molar refractivity (Wildman–Crippen MR) is 95.5 cm³/mol. The first-order valence-electron chi connectivity index (χ1n) is 8.38. The van der Waals surface area contributed by atoms with Crippen LogP contribution in [0.4, 0.5) is 14.9 Å². The lowest BCUT2D eigenvalue weighted by atomic mass is 10.00. The van der Waals surface area contributed by atoms with Crippen molar-refractivity contribution in [1.29, 1.82) is 0 Å². The number of benzodiazepines with no additional fused rings is 1. The summed E-state index contributed by atoms with van der Waals surface area (Å²) in [6.45, 7) is 2.97. The van der Waals surface area contributed by atoms with Crippen LogP contribution in [0.15, 0.2) is 53.5 Å². The average molecular weight is 352 g/mol. The van der Waals surface area contributed by atoms with Crippen molar-refractivity contribution in [1.82, 2.24) is 10.3 Å². The molecular weight excluding hydrogens is 335 g/mol. The summed E-state index contributed by atoms with van der Waals surface area (Å²) < 4.78 is 14.4. The Kier molecular flexibility index (Phi) is 3.91. The van der Waals surface area contributed by atoms with Gasteiger partial charge in [-0.15, -0.1) is 0 Å². The van der Waals surface area contributed by atoms with Crippen molar-refractivity contribution < 1.29 is 14.0 Å². The van der Waals surface area contributed by atoms with Gasteiger partial charge in [-0.05, 0) is 25.1 Å². The summed E-state index contributed by atoms with van der Waals surface area (Å²) in [7, 11) is 0. The highest BCUT2D eigenvalue weighted by molar-refractivity contribution is 6.20. The van der Waals surface area contributed by atoms with Crippen molar-refractivity contribution in [3.05, 3.63) is 65.5 Å². The van der Waals surface area contributed by atoms with Crippen molar-refractivity contribution in [3.8, 4) is 0 Å². The molecule has 2 aliphatic rings. The Morgan fingerprint density at radius 1 is 1.12 bits per heavy atom. The van der Waals surface area contributed by atoms with Gasteiger partial charge in [-0.3, -0.25) is 9.79 Å². The molecule has 1 unspecified atom stereocenters. The van der Waals surface area contributed by atoms with E-state index in [9.17, 15) is 14.0 Å². The predicted octanol–water partition coefficient (Wildman–Crippen LogP) is 2.34. The maximum atomic E-state index is 14.4. The van der Waals surface area contributed by atoms with Crippen LogP contribution in [-0.2, 0) is 4.79 Å². The van der Waals surface area contributed by atoms with Gasteiger partial charge in [0.15, 0.2) is 0 Å². The van der Waals surface area contributed by atoms with Crippen molar-refractivity contribution in [3.63, 3.8) is 0 Å². The molecule has 0 bridgehead atoms. The highest BCUT2D eigenvalue weighted by Gasteiger charge is 2.34. The third kappa shape index (κ3) is 2.81. The SMILES string of the molecule is CC1N=C(c2ccccc2F)c2ccccc2N(NC(=O)N2CC2)C1=O. The molecule has 2 aromatic rings. The fourth-order valence-corrected chi connectivity index (χ4v) is 2.90. The lowest BCUT2D eigenvalue weighted by molar-refractivity contribution is -0.119. The first kappa shape index (κ1) is 16.3. The van der Waals surface area contributed by atoms with E-state index < -0.39 is 11.9 Å². The van der Waals surface area contributed by atoms with Gasteiger partial charge in [0.1, 0.15) is 11.9 Å². The summed E-state index contributed by atoms with van der Waals surface area (Å²) in [5.74, 6) is -0.790. The third-order valence-electron chi connectivity index (χ3n) is 4.37. The Labute approximate surface area is 149 Å². The number of carbonyl (C=O) groups is 2. The Bertz CT molecular complexity index is 923. The van der Waals surface area contributed by atoms with Crippen LogP contribution >= 0.6 is 0 Å². The summed E-state index contributed by atoms with van der Waals surface area (Å²) in [4.78, 5) is 31.1. The number of fused-ring (bicyclic) bond motifs is 1. The van der Waals surface area contributed by atoms with E-state index in [4.69, 9.17) is 0 Å². The normalized spacial score (nSPS) is 18.8. The van der Waals surface area contributed by atoms with E-state index in [1.807, 2.05) is 0 Å². The maximum Gasteiger partial charge on any atom is 0.336 e. The second kappa shape index (κ2) is 6.25. The van der Waals surface area contributed by atoms with Crippen molar-refractivity contribution in [2.45, 2.75) is 13.0 Å². The number of anilines is 1. The number of nitrogens with one attached hydrogen (secondary N) is 1. The fraction of sp³-hybridized carbons (Fsp3) is 0.211. The van der Waals surface area contributed by atoms with Crippen LogP contribution in [0.25, 0.3) is 0 Å². The molecule has 3 amide bonds. The topological polar surface area (TPSA) is 64.8 Å². The largest absolute Gasteiger partial charge is 0.336 e. The number of hydrogen-bond donors (Lipinski definition) is 1. The standard InChI is InChI=1S/C19H17FN4O2/c1-12-18(25)24(22-19(26)23-10-11-23)16-9-5-3-7-14(16)17(21-12)13-6-2-4-8-15(13)20/h2-9,12H,10-11H2,1H3,(H,22,26). The minimum atomic E-state index is -0.772. The van der Waals surface area contributed by atoms with Gasteiger partial charge < -0.3 is 4.90 Å². The van der Waals surface area contributed by atoms with Gasteiger partial charge in [-0.25, -0.2) is 19.6 Å². The maximum absolute atomic E-state index is 14.4. The molecular formula is C19H17FN4O2. The molecule has 26 heavy (non-hydrogen) atoms. The number of amides is 3. The van der Waals surface area contributed by atoms with E-state index in [1.165, 1.54) is 11.1 Å². The van der Waals surface area contributed by atoms with Crippen molar-refractivity contribution >= 4 is 23.3 Å². The minimum absolute atomic E-state index is 0.318. The molecule has 2 aliphatic heterocycles. The zero-order chi connectivity index (χ0) is 18.3. The van der Waals surface area contributed by atoms with Crippen LogP contribution in [0, 0.1) is 5.82 Å². The van der Waals surface area contributed by atoms with Crippen molar-refractivity contribution in [2.75, 3.05) is 18.1 Å². The van der Waals surface area contributed by atoms with Crippen LogP contribution in [0.2, 0.25) is 0 Å². The minimum Gasteiger partial charge on any atom is -0.320 e. The van der Waals surface area contributed by atoms with E-state index in [1.54, 1.807) is 54.3 Å². The summed E-state index contributed by atoms with van der Waals surface area (Å²) in [6, 6.07) is 12.2. The number of hydrogen-bond acceptors (Lipinski definition) is 3. The van der Waals surface area contributed by atoms with Crippen LogP contribution < -0.4 is 10.4 Å². The highest BCUT2D eigenvalue weighted by atomic mass is 19.1. The lowest BCUT2D eigenvalue weighted by Gasteiger charge is -2.24. The van der Waals surface area contributed by atoms with E-state index in [2.05, 4.69) is 10.4 Å². The van der Waals surface area contributed by atoms with Gasteiger partial charge in [0.25, 0.3) is 5.91 Å². The number of halogens is 1. The molecule has 0 radical (unpaired) electrons. The molecule has 1 saturated heterocycles. The summed E-state index contributed by atoms with van der Waals surface area (Å²) >= 11 is 0. The number of para-hydroxylation sites is 1. The lowest BCUT2D eigenvalue weighted by Crippen LogP contribution is -2.50. The van der Waals surface area contributed by atoms with Gasteiger partial charge in [-0.1, -0.05) is 30.3 Å². The number of hydrazine groups is 1. The first-order chi connectivity index (χ1) is 12.6. The van der Waals surface area contributed by atoms with Crippen molar-refractivity contribution in [2.24, 2.45) is 4.99 Å². The van der Waals surface area contributed by atoms with Gasteiger partial charge in [0.2, 0.25) is 0 Å². The van der Waals surface area contributed by atoms with E-state index in [-0.39, 0.29) is 11.9 Å². The first-order valence-corrected chi connectivity index (χ1v) is 8.38. The molecule has 1 atom stereocenters. The smallest absolute Gasteiger partial charge is 0.320 e. The summed E-state index contributed by atoms with van der Waals surface area (Å²) in [6.07, 6.45) is 0. The van der Waals surface area contributed by atoms with Crippen LogP contribution in [-0.4, -0.2) is 41.7 Å². The number of carbonyl (C=O) groups excluding carboxylic acids is 2. The van der Waals surface area contributed by atoms with E-state index in [0.29, 0.717) is 35.6 Å². The van der Waals surface area contributed by atoms with Gasteiger partial charge in [0, 0.05) is 24.2 Å². The quantitative estimate of drug-likeness (QED) is 0.843. The number of aliphatic imine (C=N–C) groups is 1. The second-order valence-electron chi connectivity index (χ2n) is 6.23. The fourth-order valence-electron chi connectivity index (χ4n) is 2.90. The molecule has 2 aromatic carbocycles. The molecule has 1 fully saturated rings. The molecule has 1 N–H and O–H groups in total. The van der Waals surface area contributed by atoms with Gasteiger partial charge >= 0.3 is 6.03 Å². The number of nitrogens with zero attached hydrogens (tertiary/aromatic N) is 3. The Morgan fingerprint density at radius 3 is 2.46 bits per heavy atom. The number of urea groups is 1. The summed E-state index contributed by atoms with van der Waals surface area (Å²) in [5, 5.41) is 1.22. The molecule has 6 nitrogen and oxygen atoms in total. The second-order valence-corrected chi connectivity index (χ2v) is 6.23. The van der Waals surface area contributed by atoms with Crippen LogP contribution in [0.5, 0.6) is 0 Å². The zero-order valence-corrected chi connectivity index (χ0v) is 14.1. The molecule has 0 aliphatic carbocycles. The molecule has 7 heteroatoms. The van der Waals surface area contributed by atoms with Crippen LogP contribution in [0.1, 0.15) is 18.1 Å². The summed E-state index contributed by atoms with van der Waals surface area (Å²) in [5.41, 5.74) is 4.41. The molecule has 0 spiro atoms. The monoisotopic (exact) mass is 352 g/mol. The van der Waals surface area contributed by atoms with Gasteiger partial charge in [-0.2, -0.15) is 0 Å². The third-order valence-corrected chi connectivity index (χ3v) is 4.37. The molecule has 4 rings (SSSR count). The Morgan fingerprint density at radius 2 is 1.77 bits per heavy atom. The Hall–Kier alpha value is -3.22. The molecule has 132 valence electrons. The zero-order valence-electron chi connectivity index (χ0n) is 14.1. The van der Waals surface area contributed by atoms with Crippen LogP contribution in [0.3, 0.4) is 0 Å². The number of benzene rings is 2. The molecule has 0 aromatic heterocycles. The van der Waals surface area contributed by atoms with E-state index >= 15 is 0 Å². The van der Waals surface area contributed by atoms with Gasteiger partial charge in [0.05, 0.1) is 11.4 Å². The number of rotatable bonds is 2. The average Bonchev–Trinajstić information content (AvgIpc) is 3.49. The Balaban J connectivity index is 1.83. The van der Waals surface area contributed by atoms with E-state index in [0.717, 1.165) is 0 Å². The highest BCUT2D eigenvalue weighted by Crippen LogP contribution is 2.28. The molecule has 0 saturated carbocycles.